The molecule has 9 heteroatoms. The normalized spacial score (nSPS) is 14.0. The van der Waals surface area contributed by atoms with Gasteiger partial charge >= 0.3 is 12.1 Å². The first-order valence-corrected chi connectivity index (χ1v) is 14.4. The topological polar surface area (TPSA) is 71.9 Å². The molecule has 0 fully saturated rings. The number of allylic oxidation sites excluding steroid dienone is 1. The number of ketones is 1. The summed E-state index contributed by atoms with van der Waals surface area (Å²) in [7, 11) is 1.61. The number of nitrogens with zero attached hydrogens (tertiary/aromatic N) is 3. The SMILES string of the molecule is CN(C(=O)N1CC(=O)Cc2c(n(C(=O)OC(C)(C)C)c3ccccc23)CC=Cc2cc(F)cc(c2)C1)c1ccc(Cl)cc1. The number of benzene rings is 3. The summed E-state index contributed by atoms with van der Waals surface area (Å²) in [4.78, 5) is 43.9. The molecule has 0 N–H and O–H groups in total. The summed E-state index contributed by atoms with van der Waals surface area (Å²) >= 11 is 6.04. The number of carbonyl (C=O) groups excluding carboxylic acids is 3. The van der Waals surface area contributed by atoms with Crippen molar-refractivity contribution in [2.75, 3.05) is 18.5 Å². The number of anilines is 1. The van der Waals surface area contributed by atoms with Crippen molar-refractivity contribution in [3.05, 3.63) is 106 Å². The molecule has 43 heavy (non-hydrogen) atoms. The third-order valence-corrected chi connectivity index (χ3v) is 7.40. The third-order valence-electron chi connectivity index (χ3n) is 7.15. The Hall–Kier alpha value is -4.43. The Morgan fingerprint density at radius 2 is 1.72 bits per heavy atom. The van der Waals surface area contributed by atoms with E-state index in [4.69, 9.17) is 16.3 Å². The maximum atomic E-state index is 14.7. The Morgan fingerprint density at radius 1 is 1.00 bits per heavy atom. The molecule has 1 aliphatic heterocycles. The summed E-state index contributed by atoms with van der Waals surface area (Å²) in [6, 6.07) is 18.3. The Kier molecular flexibility index (Phi) is 8.42. The second-order valence-electron chi connectivity index (χ2n) is 11.6. The van der Waals surface area contributed by atoms with Gasteiger partial charge in [-0.1, -0.05) is 42.0 Å². The Labute approximate surface area is 255 Å². The van der Waals surface area contributed by atoms with Gasteiger partial charge < -0.3 is 9.64 Å². The zero-order chi connectivity index (χ0) is 30.9. The van der Waals surface area contributed by atoms with Crippen LogP contribution in [-0.2, 0) is 28.9 Å². The molecular weight excluding hydrogens is 569 g/mol. The number of rotatable bonds is 1. The zero-order valence-corrected chi connectivity index (χ0v) is 25.3. The van der Waals surface area contributed by atoms with Crippen molar-refractivity contribution in [3.8, 4) is 0 Å². The van der Waals surface area contributed by atoms with E-state index in [9.17, 15) is 18.8 Å². The summed E-state index contributed by atoms with van der Waals surface area (Å²) in [6.45, 7) is 5.19. The molecule has 2 heterocycles. The number of ether oxygens (including phenoxy) is 1. The molecule has 0 unspecified atom stereocenters. The van der Waals surface area contributed by atoms with Crippen molar-refractivity contribution < 1.29 is 23.5 Å². The summed E-state index contributed by atoms with van der Waals surface area (Å²) < 4.78 is 22.0. The number of aromatic nitrogens is 1. The molecule has 0 radical (unpaired) electrons. The Morgan fingerprint density at radius 3 is 2.44 bits per heavy atom. The molecule has 222 valence electrons. The molecule has 2 bridgehead atoms. The minimum Gasteiger partial charge on any atom is -0.443 e. The first-order valence-electron chi connectivity index (χ1n) is 14.0. The summed E-state index contributed by atoms with van der Waals surface area (Å²) in [5.41, 5.74) is 2.91. The molecule has 4 aromatic rings. The number of Topliss-reactive ketones (excluding diaryl/α,β-unsaturated/α-hetero) is 1. The third kappa shape index (κ3) is 6.81. The number of hydrogen-bond donors (Lipinski definition) is 0. The van der Waals surface area contributed by atoms with Crippen molar-refractivity contribution in [1.82, 2.24) is 9.47 Å². The van der Waals surface area contributed by atoms with Crippen molar-refractivity contribution >= 4 is 52.2 Å². The highest BCUT2D eigenvalue weighted by molar-refractivity contribution is 6.30. The predicted octanol–water partition coefficient (Wildman–Crippen LogP) is 7.66. The van der Waals surface area contributed by atoms with Gasteiger partial charge in [-0.15, -0.1) is 0 Å². The fourth-order valence-electron chi connectivity index (χ4n) is 5.32. The molecule has 0 saturated carbocycles. The molecule has 1 aliphatic rings. The molecule has 2 amide bonds. The highest BCUT2D eigenvalue weighted by atomic mass is 35.5. The van der Waals surface area contributed by atoms with Crippen LogP contribution < -0.4 is 4.90 Å². The highest BCUT2D eigenvalue weighted by Gasteiger charge is 2.28. The average Bonchev–Trinajstić information content (AvgIpc) is 3.24. The van der Waals surface area contributed by atoms with Gasteiger partial charge in [-0.2, -0.15) is 0 Å². The van der Waals surface area contributed by atoms with E-state index < -0.39 is 23.5 Å². The highest BCUT2D eigenvalue weighted by Crippen LogP contribution is 2.30. The first kappa shape index (κ1) is 30.0. The Balaban J connectivity index is 1.61. The van der Waals surface area contributed by atoms with E-state index in [1.165, 1.54) is 26.5 Å². The number of para-hydroxylation sites is 1. The second kappa shape index (κ2) is 12.1. The van der Waals surface area contributed by atoms with E-state index in [1.54, 1.807) is 64.2 Å². The zero-order valence-electron chi connectivity index (χ0n) is 24.6. The lowest BCUT2D eigenvalue weighted by Gasteiger charge is -2.28. The van der Waals surface area contributed by atoms with Crippen molar-refractivity contribution in [2.45, 2.75) is 45.8 Å². The largest absolute Gasteiger partial charge is 0.443 e. The predicted molar refractivity (Wildman–Crippen MR) is 167 cm³/mol. The van der Waals surface area contributed by atoms with Crippen molar-refractivity contribution in [2.24, 2.45) is 0 Å². The molecule has 0 aliphatic carbocycles. The monoisotopic (exact) mass is 601 g/mol. The van der Waals surface area contributed by atoms with Crippen LogP contribution in [0.1, 0.15) is 43.2 Å². The lowest BCUT2D eigenvalue weighted by atomic mass is 10.0. The van der Waals surface area contributed by atoms with Crippen molar-refractivity contribution in [1.29, 1.82) is 0 Å². The summed E-state index contributed by atoms with van der Waals surface area (Å²) in [5.74, 6) is -0.689. The average molecular weight is 602 g/mol. The van der Waals surface area contributed by atoms with Gasteiger partial charge in [0.05, 0.1) is 12.1 Å². The lowest BCUT2D eigenvalue weighted by Crippen LogP contribution is -2.43. The van der Waals surface area contributed by atoms with Gasteiger partial charge in [0.25, 0.3) is 0 Å². The fourth-order valence-corrected chi connectivity index (χ4v) is 5.45. The van der Waals surface area contributed by atoms with Crippen LogP contribution in [0.2, 0.25) is 5.02 Å². The quantitative estimate of drug-likeness (QED) is 0.225. The standard InChI is InChI=1S/C34H33ClFN3O4/c1-34(2,3)43-33(42)39-30-10-6-5-9-28(30)29-19-27(40)21-38(32(41)37(4)26-14-12-24(35)13-15-26)20-23-16-22(17-25(36)18-23)8-7-11-31(29)39/h5-10,12-18H,11,19-21H2,1-4H3. The van der Waals surface area contributed by atoms with E-state index in [1.807, 2.05) is 30.3 Å². The molecule has 0 atom stereocenters. The number of urea groups is 1. The molecule has 7 nitrogen and oxygen atoms in total. The van der Waals surface area contributed by atoms with E-state index >= 15 is 0 Å². The van der Waals surface area contributed by atoms with Crippen LogP contribution >= 0.6 is 11.6 Å². The summed E-state index contributed by atoms with van der Waals surface area (Å²) in [5, 5.41) is 1.28. The number of carbonyl (C=O) groups is 3. The van der Waals surface area contributed by atoms with Crippen LogP contribution in [0.15, 0.2) is 72.8 Å². The number of fused-ring (bicyclic) bond motifs is 5. The molecule has 0 saturated heterocycles. The van der Waals surface area contributed by atoms with E-state index in [-0.39, 0.29) is 25.3 Å². The van der Waals surface area contributed by atoms with E-state index in [2.05, 4.69) is 0 Å². The van der Waals surface area contributed by atoms with Gasteiger partial charge in [0, 0.05) is 48.2 Å². The number of halogens is 2. The van der Waals surface area contributed by atoms with Gasteiger partial charge in [0.1, 0.15) is 11.4 Å². The molecule has 1 aromatic heterocycles. The van der Waals surface area contributed by atoms with E-state index in [0.29, 0.717) is 45.0 Å². The Bertz CT molecular complexity index is 1740. The van der Waals surface area contributed by atoms with Crippen LogP contribution in [0, 0.1) is 5.82 Å². The van der Waals surface area contributed by atoms with Gasteiger partial charge in [0.15, 0.2) is 5.78 Å². The minimum atomic E-state index is -0.737. The van der Waals surface area contributed by atoms with Gasteiger partial charge in [-0.05, 0) is 86.0 Å². The minimum absolute atomic E-state index is 0.0140. The number of amides is 2. The molecule has 0 spiro atoms. The van der Waals surface area contributed by atoms with Gasteiger partial charge in [-0.3, -0.25) is 9.69 Å². The fraction of sp³-hybridized carbons (Fsp3) is 0.265. The second-order valence-corrected chi connectivity index (χ2v) is 12.1. The van der Waals surface area contributed by atoms with Crippen LogP contribution in [0.3, 0.4) is 0 Å². The maximum absolute atomic E-state index is 14.7. The molecular formula is C34H33ClFN3O4. The smallest absolute Gasteiger partial charge is 0.419 e. The van der Waals surface area contributed by atoms with Gasteiger partial charge in [-0.25, -0.2) is 18.5 Å². The first-order chi connectivity index (χ1) is 20.4. The maximum Gasteiger partial charge on any atom is 0.419 e. The molecule has 5 rings (SSSR count). The van der Waals surface area contributed by atoms with Crippen LogP contribution in [0.4, 0.5) is 19.7 Å². The molecule has 3 aromatic carbocycles. The summed E-state index contributed by atoms with van der Waals surface area (Å²) in [6.07, 6.45) is 3.35. The van der Waals surface area contributed by atoms with Crippen LogP contribution in [0.5, 0.6) is 0 Å². The van der Waals surface area contributed by atoms with Crippen molar-refractivity contribution in [3.63, 3.8) is 0 Å². The number of hydrogen-bond acceptors (Lipinski definition) is 4. The van der Waals surface area contributed by atoms with Crippen LogP contribution in [0.25, 0.3) is 17.0 Å². The lowest BCUT2D eigenvalue weighted by molar-refractivity contribution is -0.119. The van der Waals surface area contributed by atoms with Gasteiger partial charge in [0.2, 0.25) is 0 Å². The van der Waals surface area contributed by atoms with Crippen LogP contribution in [-0.4, -0.2) is 46.6 Å². The van der Waals surface area contributed by atoms with E-state index in [0.717, 1.165) is 5.39 Å².